The van der Waals surface area contributed by atoms with Crippen molar-refractivity contribution in [3.63, 3.8) is 0 Å². The van der Waals surface area contributed by atoms with Gasteiger partial charge in [-0.1, -0.05) is 12.8 Å². The molecule has 0 bridgehead atoms. The minimum absolute atomic E-state index is 0.351. The molecule has 2 aliphatic rings. The van der Waals surface area contributed by atoms with Crippen molar-refractivity contribution in [2.75, 3.05) is 19.7 Å². The molecule has 17 heavy (non-hydrogen) atoms. The van der Waals surface area contributed by atoms with Gasteiger partial charge in [0.2, 0.25) is 0 Å². The largest absolute Gasteiger partial charge is 0.396 e. The van der Waals surface area contributed by atoms with Gasteiger partial charge in [0.1, 0.15) is 0 Å². The van der Waals surface area contributed by atoms with E-state index in [0.717, 1.165) is 31.1 Å². The SMILES string of the molecule is CC1CC(NCCCCCCO)CN1C1CC1. The Balaban J connectivity index is 1.52. The number of nitrogens with zero attached hydrogens (tertiary/aromatic N) is 1. The fourth-order valence-electron chi connectivity index (χ4n) is 3.02. The van der Waals surface area contributed by atoms with E-state index in [1.165, 1.54) is 45.1 Å². The number of aliphatic hydroxyl groups excluding tert-OH is 1. The second-order valence-corrected chi connectivity index (χ2v) is 5.80. The molecule has 3 nitrogen and oxygen atoms in total. The van der Waals surface area contributed by atoms with Gasteiger partial charge < -0.3 is 10.4 Å². The van der Waals surface area contributed by atoms with Gasteiger partial charge in [-0.05, 0) is 45.6 Å². The van der Waals surface area contributed by atoms with Crippen LogP contribution in [0.2, 0.25) is 0 Å². The topological polar surface area (TPSA) is 35.5 Å². The Morgan fingerprint density at radius 1 is 1.18 bits per heavy atom. The second-order valence-electron chi connectivity index (χ2n) is 5.80. The standard InChI is InChI=1S/C14H28N2O/c1-12-10-13(11-16(12)14-6-7-14)15-8-4-2-3-5-9-17/h12-15,17H,2-11H2,1H3. The molecule has 0 amide bonds. The lowest BCUT2D eigenvalue weighted by molar-refractivity contribution is 0.255. The van der Waals surface area contributed by atoms with E-state index in [2.05, 4.69) is 17.1 Å². The summed E-state index contributed by atoms with van der Waals surface area (Å²) in [5.41, 5.74) is 0. The predicted octanol–water partition coefficient (Wildman–Crippen LogP) is 1.75. The molecule has 1 heterocycles. The Bertz CT molecular complexity index is 218. The maximum absolute atomic E-state index is 8.69. The molecule has 2 atom stereocenters. The molecule has 1 saturated heterocycles. The van der Waals surface area contributed by atoms with E-state index in [9.17, 15) is 0 Å². The summed E-state index contributed by atoms with van der Waals surface area (Å²) >= 11 is 0. The van der Waals surface area contributed by atoms with Crippen molar-refractivity contribution in [2.45, 2.75) is 70.0 Å². The van der Waals surface area contributed by atoms with Gasteiger partial charge in [-0.3, -0.25) is 4.90 Å². The van der Waals surface area contributed by atoms with E-state index in [0.29, 0.717) is 6.61 Å². The molecule has 0 aromatic carbocycles. The van der Waals surface area contributed by atoms with Gasteiger partial charge in [0.15, 0.2) is 0 Å². The Hall–Kier alpha value is -0.120. The van der Waals surface area contributed by atoms with Crippen molar-refractivity contribution in [3.05, 3.63) is 0 Å². The maximum atomic E-state index is 8.69. The first-order chi connectivity index (χ1) is 8.31. The molecule has 2 N–H and O–H groups in total. The predicted molar refractivity (Wildman–Crippen MR) is 71.2 cm³/mol. The Kier molecular flexibility index (Phi) is 5.26. The summed E-state index contributed by atoms with van der Waals surface area (Å²) in [7, 11) is 0. The fourth-order valence-corrected chi connectivity index (χ4v) is 3.02. The summed E-state index contributed by atoms with van der Waals surface area (Å²) in [6, 6.07) is 2.43. The lowest BCUT2D eigenvalue weighted by Gasteiger charge is -2.19. The molecule has 1 aliphatic heterocycles. The van der Waals surface area contributed by atoms with Crippen LogP contribution in [0.5, 0.6) is 0 Å². The lowest BCUT2D eigenvalue weighted by atomic mass is 10.1. The average Bonchev–Trinajstić information content (AvgIpc) is 3.08. The van der Waals surface area contributed by atoms with Crippen molar-refractivity contribution < 1.29 is 5.11 Å². The first-order valence-corrected chi connectivity index (χ1v) is 7.41. The number of hydrogen-bond donors (Lipinski definition) is 2. The first-order valence-electron chi connectivity index (χ1n) is 7.41. The molecular weight excluding hydrogens is 212 g/mol. The molecule has 1 aliphatic carbocycles. The zero-order chi connectivity index (χ0) is 12.1. The van der Waals surface area contributed by atoms with Crippen molar-refractivity contribution >= 4 is 0 Å². The number of nitrogens with one attached hydrogen (secondary N) is 1. The van der Waals surface area contributed by atoms with Crippen LogP contribution >= 0.6 is 0 Å². The molecule has 3 heteroatoms. The molecule has 2 fully saturated rings. The third-order valence-electron chi connectivity index (χ3n) is 4.16. The second kappa shape index (κ2) is 6.72. The van der Waals surface area contributed by atoms with E-state index in [-0.39, 0.29) is 0 Å². The highest BCUT2D eigenvalue weighted by molar-refractivity contribution is 4.95. The summed E-state index contributed by atoms with van der Waals surface area (Å²) in [5.74, 6) is 0. The summed E-state index contributed by atoms with van der Waals surface area (Å²) in [5, 5.41) is 12.4. The average molecular weight is 240 g/mol. The summed E-state index contributed by atoms with van der Waals surface area (Å²) < 4.78 is 0. The fraction of sp³-hybridized carbons (Fsp3) is 1.00. The third-order valence-corrected chi connectivity index (χ3v) is 4.16. The van der Waals surface area contributed by atoms with E-state index >= 15 is 0 Å². The van der Waals surface area contributed by atoms with E-state index in [4.69, 9.17) is 5.11 Å². The third kappa shape index (κ3) is 4.23. The van der Waals surface area contributed by atoms with Crippen molar-refractivity contribution in [3.8, 4) is 0 Å². The van der Waals surface area contributed by atoms with E-state index < -0.39 is 0 Å². The van der Waals surface area contributed by atoms with Gasteiger partial charge in [-0.15, -0.1) is 0 Å². The minimum atomic E-state index is 0.351. The summed E-state index contributed by atoms with van der Waals surface area (Å²) in [4.78, 5) is 2.70. The van der Waals surface area contributed by atoms with Crippen LogP contribution in [0.3, 0.4) is 0 Å². The minimum Gasteiger partial charge on any atom is -0.396 e. The van der Waals surface area contributed by atoms with Crippen LogP contribution in [0, 0.1) is 0 Å². The van der Waals surface area contributed by atoms with Crippen LogP contribution in [0.4, 0.5) is 0 Å². The molecular formula is C14H28N2O. The van der Waals surface area contributed by atoms with Crippen LogP contribution in [-0.4, -0.2) is 47.8 Å². The summed E-state index contributed by atoms with van der Waals surface area (Å²) in [6.45, 7) is 5.15. The van der Waals surface area contributed by atoms with Crippen LogP contribution in [0.25, 0.3) is 0 Å². The molecule has 1 saturated carbocycles. The zero-order valence-electron chi connectivity index (χ0n) is 11.2. The lowest BCUT2D eigenvalue weighted by Crippen LogP contribution is -2.34. The highest BCUT2D eigenvalue weighted by atomic mass is 16.2. The van der Waals surface area contributed by atoms with Crippen molar-refractivity contribution in [1.29, 1.82) is 0 Å². The van der Waals surface area contributed by atoms with Crippen molar-refractivity contribution in [1.82, 2.24) is 10.2 Å². The van der Waals surface area contributed by atoms with Gasteiger partial charge in [0.25, 0.3) is 0 Å². The number of rotatable bonds is 8. The van der Waals surface area contributed by atoms with Crippen LogP contribution in [-0.2, 0) is 0 Å². The number of aliphatic hydroxyl groups is 1. The number of unbranched alkanes of at least 4 members (excludes halogenated alkanes) is 3. The molecule has 0 spiro atoms. The molecule has 0 aromatic rings. The normalized spacial score (nSPS) is 30.0. The number of likely N-dealkylation sites (tertiary alicyclic amines) is 1. The van der Waals surface area contributed by atoms with Crippen LogP contribution in [0.15, 0.2) is 0 Å². The monoisotopic (exact) mass is 240 g/mol. The summed E-state index contributed by atoms with van der Waals surface area (Å²) in [6.07, 6.45) is 8.84. The van der Waals surface area contributed by atoms with E-state index in [1.807, 2.05) is 0 Å². The Labute approximate surface area is 106 Å². The maximum Gasteiger partial charge on any atom is 0.0431 e. The van der Waals surface area contributed by atoms with Gasteiger partial charge in [-0.2, -0.15) is 0 Å². The molecule has 2 unspecified atom stereocenters. The smallest absolute Gasteiger partial charge is 0.0431 e. The van der Waals surface area contributed by atoms with E-state index in [1.54, 1.807) is 0 Å². The van der Waals surface area contributed by atoms with Gasteiger partial charge in [-0.25, -0.2) is 0 Å². The highest BCUT2D eigenvalue weighted by Crippen LogP contribution is 2.33. The molecule has 0 aromatic heterocycles. The number of hydrogen-bond acceptors (Lipinski definition) is 3. The first kappa shape index (κ1) is 13.3. The Morgan fingerprint density at radius 2 is 1.94 bits per heavy atom. The van der Waals surface area contributed by atoms with Crippen LogP contribution < -0.4 is 5.32 Å². The molecule has 0 radical (unpaired) electrons. The van der Waals surface area contributed by atoms with Gasteiger partial charge in [0, 0.05) is 31.3 Å². The Morgan fingerprint density at radius 3 is 2.65 bits per heavy atom. The molecule has 100 valence electrons. The highest BCUT2D eigenvalue weighted by Gasteiger charge is 2.38. The van der Waals surface area contributed by atoms with Gasteiger partial charge in [0.05, 0.1) is 0 Å². The van der Waals surface area contributed by atoms with Crippen LogP contribution in [0.1, 0.15) is 51.9 Å². The quantitative estimate of drug-likeness (QED) is 0.635. The van der Waals surface area contributed by atoms with Crippen molar-refractivity contribution in [2.24, 2.45) is 0 Å². The zero-order valence-corrected chi connectivity index (χ0v) is 11.2. The molecule has 2 rings (SSSR count). The van der Waals surface area contributed by atoms with Gasteiger partial charge >= 0.3 is 0 Å².